The normalized spacial score (nSPS) is 14.1. The van der Waals surface area contributed by atoms with Gasteiger partial charge in [0.1, 0.15) is 17.3 Å². The molecule has 0 saturated carbocycles. The zero-order valence-electron chi connectivity index (χ0n) is 15.4. The fourth-order valence-corrected chi connectivity index (χ4v) is 3.29. The number of amides is 2. The quantitative estimate of drug-likeness (QED) is 0.740. The minimum Gasteiger partial charge on any atom is -0.335 e. The lowest BCUT2D eigenvalue weighted by Gasteiger charge is -2.34. The summed E-state index contributed by atoms with van der Waals surface area (Å²) in [6.07, 6.45) is 0. The molecule has 29 heavy (non-hydrogen) atoms. The van der Waals surface area contributed by atoms with Crippen LogP contribution in [0.3, 0.4) is 0 Å². The van der Waals surface area contributed by atoms with Crippen molar-refractivity contribution in [3.05, 3.63) is 77.5 Å². The second-order valence-electron chi connectivity index (χ2n) is 6.74. The fourth-order valence-electron chi connectivity index (χ4n) is 3.29. The number of nitrogens with zero attached hydrogens (tertiary/aromatic N) is 3. The maximum absolute atomic E-state index is 13.8. The molecule has 1 aliphatic heterocycles. The molecule has 1 aromatic heterocycles. The Morgan fingerprint density at radius 3 is 2.14 bits per heavy atom. The Bertz CT molecular complexity index is 1040. The van der Waals surface area contributed by atoms with Gasteiger partial charge in [-0.05, 0) is 42.5 Å². The number of aromatic amines is 1. The molecule has 0 radical (unpaired) electrons. The van der Waals surface area contributed by atoms with Gasteiger partial charge in [-0.2, -0.15) is 5.10 Å². The molecule has 2 heterocycles. The summed E-state index contributed by atoms with van der Waals surface area (Å²) in [6.45, 7) is 1.31. The Morgan fingerprint density at radius 2 is 1.48 bits per heavy atom. The molecule has 1 aliphatic rings. The lowest BCUT2D eigenvalue weighted by molar-refractivity contribution is 0.0529. The Labute approximate surface area is 165 Å². The number of benzene rings is 2. The highest BCUT2D eigenvalue weighted by atomic mass is 19.1. The van der Waals surface area contributed by atoms with Gasteiger partial charge in [0, 0.05) is 31.7 Å². The third-order valence-electron chi connectivity index (χ3n) is 4.91. The van der Waals surface area contributed by atoms with E-state index in [0.29, 0.717) is 43.1 Å². The van der Waals surface area contributed by atoms with Crippen molar-refractivity contribution in [1.82, 2.24) is 20.0 Å². The van der Waals surface area contributed by atoms with Crippen LogP contribution in [0.2, 0.25) is 0 Å². The highest BCUT2D eigenvalue weighted by Crippen LogP contribution is 2.19. The van der Waals surface area contributed by atoms with Crippen molar-refractivity contribution in [3.8, 4) is 11.3 Å². The molecule has 0 spiro atoms. The van der Waals surface area contributed by atoms with Crippen molar-refractivity contribution in [2.45, 2.75) is 0 Å². The second-order valence-corrected chi connectivity index (χ2v) is 6.74. The standard InChI is InChI=1S/C21H18F2N4O2/c22-15-7-5-14(6-8-15)18-13-19(25-24-18)21(29)27-11-9-26(10-12-27)20(28)16-3-1-2-4-17(16)23/h1-8,13H,9-12H2,(H,24,25). The molecule has 0 unspecified atom stereocenters. The first-order valence-corrected chi connectivity index (χ1v) is 9.17. The molecule has 0 bridgehead atoms. The van der Waals surface area contributed by atoms with E-state index in [2.05, 4.69) is 10.2 Å². The van der Waals surface area contributed by atoms with E-state index in [4.69, 9.17) is 0 Å². The van der Waals surface area contributed by atoms with E-state index in [1.807, 2.05) is 0 Å². The summed E-state index contributed by atoms with van der Waals surface area (Å²) in [4.78, 5) is 28.4. The molecule has 6 nitrogen and oxygen atoms in total. The number of rotatable bonds is 3. The molecule has 2 amide bonds. The Morgan fingerprint density at radius 1 is 0.862 bits per heavy atom. The van der Waals surface area contributed by atoms with E-state index < -0.39 is 5.82 Å². The Balaban J connectivity index is 1.40. The molecular formula is C21H18F2N4O2. The number of carbonyl (C=O) groups excluding carboxylic acids is 2. The maximum atomic E-state index is 13.8. The summed E-state index contributed by atoms with van der Waals surface area (Å²) >= 11 is 0. The molecule has 0 aliphatic carbocycles. The molecule has 1 saturated heterocycles. The van der Waals surface area contributed by atoms with Crippen molar-refractivity contribution in [2.75, 3.05) is 26.2 Å². The zero-order valence-corrected chi connectivity index (χ0v) is 15.4. The molecule has 1 N–H and O–H groups in total. The van der Waals surface area contributed by atoms with Crippen LogP contribution in [0.25, 0.3) is 11.3 Å². The van der Waals surface area contributed by atoms with Gasteiger partial charge in [-0.15, -0.1) is 0 Å². The average molecular weight is 396 g/mol. The van der Waals surface area contributed by atoms with Crippen LogP contribution in [-0.4, -0.2) is 58.0 Å². The molecule has 2 aromatic carbocycles. The Hall–Kier alpha value is -3.55. The van der Waals surface area contributed by atoms with Crippen molar-refractivity contribution >= 4 is 11.8 Å². The van der Waals surface area contributed by atoms with Gasteiger partial charge in [0.05, 0.1) is 11.3 Å². The molecule has 4 rings (SSSR count). The van der Waals surface area contributed by atoms with Gasteiger partial charge in [0.25, 0.3) is 11.8 Å². The first-order valence-electron chi connectivity index (χ1n) is 9.17. The van der Waals surface area contributed by atoms with Gasteiger partial charge in [0.2, 0.25) is 0 Å². The molecule has 148 valence electrons. The van der Waals surface area contributed by atoms with E-state index in [0.717, 1.165) is 0 Å². The first kappa shape index (κ1) is 18.8. The number of halogens is 2. The first-order chi connectivity index (χ1) is 14.0. The third kappa shape index (κ3) is 3.87. The number of H-pyrrole nitrogens is 1. The van der Waals surface area contributed by atoms with Crippen LogP contribution in [0.4, 0.5) is 8.78 Å². The predicted molar refractivity (Wildman–Crippen MR) is 102 cm³/mol. The van der Waals surface area contributed by atoms with E-state index >= 15 is 0 Å². The number of nitrogens with one attached hydrogen (secondary N) is 1. The van der Waals surface area contributed by atoms with Crippen LogP contribution in [0.15, 0.2) is 54.6 Å². The highest BCUT2D eigenvalue weighted by molar-refractivity contribution is 5.95. The van der Waals surface area contributed by atoms with E-state index in [-0.39, 0.29) is 23.2 Å². The average Bonchev–Trinajstić information content (AvgIpc) is 3.24. The minimum atomic E-state index is -0.554. The molecular weight excluding hydrogens is 378 g/mol. The van der Waals surface area contributed by atoms with Crippen molar-refractivity contribution in [3.63, 3.8) is 0 Å². The zero-order chi connectivity index (χ0) is 20.4. The number of piperazine rings is 1. The predicted octanol–water partition coefficient (Wildman–Crippen LogP) is 2.95. The summed E-state index contributed by atoms with van der Waals surface area (Å²) in [7, 11) is 0. The van der Waals surface area contributed by atoms with Gasteiger partial charge in [-0.3, -0.25) is 14.7 Å². The molecule has 0 atom stereocenters. The summed E-state index contributed by atoms with van der Waals surface area (Å²) in [5.74, 6) is -1.51. The largest absolute Gasteiger partial charge is 0.335 e. The van der Waals surface area contributed by atoms with Crippen molar-refractivity contribution in [1.29, 1.82) is 0 Å². The number of hydrogen-bond acceptors (Lipinski definition) is 3. The van der Waals surface area contributed by atoms with E-state index in [9.17, 15) is 18.4 Å². The van der Waals surface area contributed by atoms with E-state index in [1.54, 1.807) is 34.1 Å². The summed E-state index contributed by atoms with van der Waals surface area (Å²) in [5.41, 5.74) is 1.59. The van der Waals surface area contributed by atoms with Gasteiger partial charge in [-0.1, -0.05) is 12.1 Å². The van der Waals surface area contributed by atoms with Crippen LogP contribution >= 0.6 is 0 Å². The number of hydrogen-bond donors (Lipinski definition) is 1. The van der Waals surface area contributed by atoms with Crippen LogP contribution in [0.5, 0.6) is 0 Å². The van der Waals surface area contributed by atoms with Crippen molar-refractivity contribution in [2.24, 2.45) is 0 Å². The lowest BCUT2D eigenvalue weighted by atomic mass is 10.1. The van der Waals surface area contributed by atoms with Gasteiger partial charge < -0.3 is 9.80 Å². The van der Waals surface area contributed by atoms with Crippen LogP contribution in [-0.2, 0) is 0 Å². The van der Waals surface area contributed by atoms with Gasteiger partial charge in [-0.25, -0.2) is 8.78 Å². The number of aromatic nitrogens is 2. The Kier molecular flexibility index (Phi) is 5.07. The van der Waals surface area contributed by atoms with Crippen LogP contribution in [0, 0.1) is 11.6 Å². The smallest absolute Gasteiger partial charge is 0.272 e. The highest BCUT2D eigenvalue weighted by Gasteiger charge is 2.27. The van der Waals surface area contributed by atoms with Crippen LogP contribution < -0.4 is 0 Å². The summed E-state index contributed by atoms with van der Waals surface area (Å²) < 4.78 is 26.9. The maximum Gasteiger partial charge on any atom is 0.272 e. The van der Waals surface area contributed by atoms with E-state index in [1.165, 1.54) is 30.3 Å². The second kappa shape index (κ2) is 7.83. The fraction of sp³-hybridized carbons (Fsp3) is 0.190. The lowest BCUT2D eigenvalue weighted by Crippen LogP contribution is -2.50. The molecule has 3 aromatic rings. The molecule has 1 fully saturated rings. The topological polar surface area (TPSA) is 69.3 Å². The van der Waals surface area contributed by atoms with Crippen molar-refractivity contribution < 1.29 is 18.4 Å². The number of carbonyl (C=O) groups is 2. The SMILES string of the molecule is O=C(c1cc(-c2ccc(F)cc2)n[nH]1)N1CCN(C(=O)c2ccccc2F)CC1. The van der Waals surface area contributed by atoms with Crippen LogP contribution in [0.1, 0.15) is 20.8 Å². The van der Waals surface area contributed by atoms with Gasteiger partial charge in [0.15, 0.2) is 0 Å². The minimum absolute atomic E-state index is 0.0322. The molecule has 8 heteroatoms. The monoisotopic (exact) mass is 396 g/mol. The third-order valence-corrected chi connectivity index (χ3v) is 4.91. The summed E-state index contributed by atoms with van der Waals surface area (Å²) in [6, 6.07) is 13.3. The van der Waals surface area contributed by atoms with Gasteiger partial charge >= 0.3 is 0 Å². The summed E-state index contributed by atoms with van der Waals surface area (Å²) in [5, 5.41) is 6.84.